The standard InChI is InChI=1S/C25H48O8/c1-17(2)14-12-10-8-6-4-5-7-9-11-13-15-19(18(3)24(30)31)32-25-23(29)22(28)21(27)20(16-26)33-25/h17-23,25-29H,4-16H2,1-3H3,(H,30,31)/t18-,19-,20+,21+,22-,23+,25+/m0/s1. The van der Waals surface area contributed by atoms with Crippen LogP contribution < -0.4 is 0 Å². The Morgan fingerprint density at radius 2 is 1.27 bits per heavy atom. The molecule has 0 amide bonds. The number of carbonyl (C=O) groups is 1. The van der Waals surface area contributed by atoms with Gasteiger partial charge in [-0.2, -0.15) is 0 Å². The molecule has 0 unspecified atom stereocenters. The molecule has 0 saturated carbocycles. The molecule has 196 valence electrons. The molecule has 5 N–H and O–H groups in total. The summed E-state index contributed by atoms with van der Waals surface area (Å²) in [6.07, 6.45) is 5.92. The summed E-state index contributed by atoms with van der Waals surface area (Å²) in [5.74, 6) is -1.04. The number of aliphatic hydroxyl groups is 4. The van der Waals surface area contributed by atoms with Gasteiger partial charge in [-0.1, -0.05) is 84.5 Å². The average molecular weight is 477 g/mol. The number of aliphatic carboxylic acids is 1. The predicted molar refractivity (Wildman–Crippen MR) is 126 cm³/mol. The van der Waals surface area contributed by atoms with Crippen LogP contribution in [0.4, 0.5) is 0 Å². The molecule has 0 aromatic heterocycles. The summed E-state index contributed by atoms with van der Waals surface area (Å²) in [5.41, 5.74) is 0. The number of hydrogen-bond acceptors (Lipinski definition) is 7. The van der Waals surface area contributed by atoms with Crippen LogP contribution in [0.25, 0.3) is 0 Å². The first-order chi connectivity index (χ1) is 15.7. The van der Waals surface area contributed by atoms with Crippen molar-refractivity contribution in [3.63, 3.8) is 0 Å². The molecular weight excluding hydrogens is 428 g/mol. The van der Waals surface area contributed by atoms with Crippen molar-refractivity contribution in [2.24, 2.45) is 11.8 Å². The normalized spacial score (nSPS) is 27.6. The Morgan fingerprint density at radius 1 is 0.788 bits per heavy atom. The largest absolute Gasteiger partial charge is 0.481 e. The van der Waals surface area contributed by atoms with Crippen LogP contribution in [-0.4, -0.2) is 74.9 Å². The zero-order chi connectivity index (χ0) is 24.8. The second-order valence-electron chi connectivity index (χ2n) is 10.0. The molecule has 0 aliphatic carbocycles. The van der Waals surface area contributed by atoms with Gasteiger partial charge in [0.05, 0.1) is 18.6 Å². The Bertz CT molecular complexity index is 513. The van der Waals surface area contributed by atoms with Crippen LogP contribution >= 0.6 is 0 Å². The van der Waals surface area contributed by atoms with Gasteiger partial charge in [0, 0.05) is 0 Å². The van der Waals surface area contributed by atoms with E-state index < -0.39 is 55.3 Å². The van der Waals surface area contributed by atoms with Gasteiger partial charge in [0.25, 0.3) is 0 Å². The highest BCUT2D eigenvalue weighted by Gasteiger charge is 2.45. The van der Waals surface area contributed by atoms with E-state index in [4.69, 9.17) is 9.47 Å². The molecule has 1 fully saturated rings. The number of unbranched alkanes of at least 4 members (excludes halogenated alkanes) is 9. The van der Waals surface area contributed by atoms with Crippen LogP contribution in [0.5, 0.6) is 0 Å². The molecule has 33 heavy (non-hydrogen) atoms. The van der Waals surface area contributed by atoms with Gasteiger partial charge in [0.2, 0.25) is 0 Å². The molecule has 0 aromatic carbocycles. The fourth-order valence-corrected chi connectivity index (χ4v) is 4.26. The summed E-state index contributed by atoms with van der Waals surface area (Å²) in [7, 11) is 0. The number of carboxylic acids is 1. The predicted octanol–water partition coefficient (Wildman–Crippen LogP) is 3.23. The Balaban J connectivity index is 2.31. The average Bonchev–Trinajstić information content (AvgIpc) is 2.78. The van der Waals surface area contributed by atoms with E-state index in [0.29, 0.717) is 6.42 Å². The van der Waals surface area contributed by atoms with Gasteiger partial charge in [-0.3, -0.25) is 4.79 Å². The van der Waals surface area contributed by atoms with Crippen molar-refractivity contribution in [2.75, 3.05) is 6.61 Å². The summed E-state index contributed by atoms with van der Waals surface area (Å²) >= 11 is 0. The van der Waals surface area contributed by atoms with Gasteiger partial charge in [-0.05, 0) is 19.3 Å². The quantitative estimate of drug-likeness (QED) is 0.190. The summed E-state index contributed by atoms with van der Waals surface area (Å²) < 4.78 is 11.1. The highest BCUT2D eigenvalue weighted by Crippen LogP contribution is 2.26. The Labute approximate surface area is 199 Å². The summed E-state index contributed by atoms with van der Waals surface area (Å²) in [4.78, 5) is 11.5. The lowest BCUT2D eigenvalue weighted by molar-refractivity contribution is -0.314. The molecule has 0 bridgehead atoms. The first-order valence-corrected chi connectivity index (χ1v) is 12.9. The topological polar surface area (TPSA) is 137 Å². The van der Waals surface area contributed by atoms with Crippen molar-refractivity contribution >= 4 is 5.97 Å². The number of rotatable bonds is 18. The molecule has 1 saturated heterocycles. The monoisotopic (exact) mass is 476 g/mol. The van der Waals surface area contributed by atoms with Crippen molar-refractivity contribution in [2.45, 2.75) is 135 Å². The van der Waals surface area contributed by atoms with Gasteiger partial charge in [0.15, 0.2) is 6.29 Å². The van der Waals surface area contributed by atoms with Crippen molar-refractivity contribution < 1.29 is 39.8 Å². The van der Waals surface area contributed by atoms with Crippen LogP contribution in [-0.2, 0) is 14.3 Å². The van der Waals surface area contributed by atoms with E-state index in [2.05, 4.69) is 13.8 Å². The minimum atomic E-state index is -1.54. The lowest BCUT2D eigenvalue weighted by Crippen LogP contribution is -2.60. The van der Waals surface area contributed by atoms with E-state index >= 15 is 0 Å². The van der Waals surface area contributed by atoms with Crippen molar-refractivity contribution in [1.82, 2.24) is 0 Å². The Kier molecular flexibility index (Phi) is 15.4. The maximum Gasteiger partial charge on any atom is 0.308 e. The minimum Gasteiger partial charge on any atom is -0.481 e. The molecule has 1 heterocycles. The molecular formula is C25H48O8. The summed E-state index contributed by atoms with van der Waals surface area (Å²) in [6.45, 7) is 5.53. The summed E-state index contributed by atoms with van der Waals surface area (Å²) in [5, 5.41) is 48.8. The van der Waals surface area contributed by atoms with Gasteiger partial charge in [0.1, 0.15) is 24.4 Å². The third kappa shape index (κ3) is 11.5. The van der Waals surface area contributed by atoms with Crippen molar-refractivity contribution in [1.29, 1.82) is 0 Å². The van der Waals surface area contributed by atoms with Crippen LogP contribution in [0, 0.1) is 11.8 Å². The Morgan fingerprint density at radius 3 is 1.73 bits per heavy atom. The van der Waals surface area contributed by atoms with Gasteiger partial charge < -0.3 is 35.0 Å². The lowest BCUT2D eigenvalue weighted by Gasteiger charge is -2.41. The van der Waals surface area contributed by atoms with Crippen LogP contribution in [0.1, 0.15) is 97.8 Å². The fourth-order valence-electron chi connectivity index (χ4n) is 4.26. The number of aliphatic hydroxyl groups excluding tert-OH is 4. The molecule has 7 atom stereocenters. The first kappa shape index (κ1) is 30.3. The third-order valence-corrected chi connectivity index (χ3v) is 6.62. The lowest BCUT2D eigenvalue weighted by atomic mass is 9.96. The van der Waals surface area contributed by atoms with E-state index in [1.807, 2.05) is 0 Å². The maximum absolute atomic E-state index is 11.5. The molecule has 0 aromatic rings. The number of ether oxygens (including phenoxy) is 2. The smallest absolute Gasteiger partial charge is 0.308 e. The van der Waals surface area contributed by atoms with Gasteiger partial charge in [-0.15, -0.1) is 0 Å². The van der Waals surface area contributed by atoms with E-state index in [1.54, 1.807) is 0 Å². The SMILES string of the molecule is CC(C)CCCCCCCCCCCC[C@H](O[C@@H]1O[C@H](CO)[C@@H](O)[C@H](O)[C@H]1O)[C@H](C)C(=O)O. The molecule has 0 spiro atoms. The van der Waals surface area contributed by atoms with E-state index in [-0.39, 0.29) is 0 Å². The van der Waals surface area contributed by atoms with E-state index in [1.165, 1.54) is 58.3 Å². The number of carboxylic acid groups (broad SMARTS) is 1. The second-order valence-corrected chi connectivity index (χ2v) is 10.0. The molecule has 8 nitrogen and oxygen atoms in total. The number of hydrogen-bond donors (Lipinski definition) is 5. The highest BCUT2D eigenvalue weighted by molar-refractivity contribution is 5.70. The van der Waals surface area contributed by atoms with Crippen LogP contribution in [0.2, 0.25) is 0 Å². The highest BCUT2D eigenvalue weighted by atomic mass is 16.7. The molecule has 1 aliphatic rings. The summed E-state index contributed by atoms with van der Waals surface area (Å²) in [6, 6.07) is 0. The van der Waals surface area contributed by atoms with Crippen molar-refractivity contribution in [3.05, 3.63) is 0 Å². The molecule has 8 heteroatoms. The zero-order valence-corrected chi connectivity index (χ0v) is 20.8. The fraction of sp³-hybridized carbons (Fsp3) is 0.960. The zero-order valence-electron chi connectivity index (χ0n) is 20.8. The maximum atomic E-state index is 11.5. The third-order valence-electron chi connectivity index (χ3n) is 6.62. The molecule has 1 rings (SSSR count). The Hall–Kier alpha value is -0.770. The van der Waals surface area contributed by atoms with Crippen LogP contribution in [0.3, 0.4) is 0 Å². The van der Waals surface area contributed by atoms with Gasteiger partial charge >= 0.3 is 5.97 Å². The van der Waals surface area contributed by atoms with Crippen LogP contribution in [0.15, 0.2) is 0 Å². The molecule has 1 aliphatic heterocycles. The second kappa shape index (κ2) is 16.8. The van der Waals surface area contributed by atoms with Crippen molar-refractivity contribution in [3.8, 4) is 0 Å². The molecule has 0 radical (unpaired) electrons. The van der Waals surface area contributed by atoms with E-state index in [0.717, 1.165) is 25.2 Å². The van der Waals surface area contributed by atoms with E-state index in [9.17, 15) is 30.3 Å². The first-order valence-electron chi connectivity index (χ1n) is 12.9. The minimum absolute atomic E-state index is 0.484. The van der Waals surface area contributed by atoms with Gasteiger partial charge in [-0.25, -0.2) is 0 Å².